The zero-order valence-electron chi connectivity index (χ0n) is 17.1. The molecule has 1 saturated heterocycles. The van der Waals surface area contributed by atoms with Gasteiger partial charge < -0.3 is 5.32 Å². The highest BCUT2D eigenvalue weighted by Gasteiger charge is 2.22. The molecular formula is C23H22BrFN6. The summed E-state index contributed by atoms with van der Waals surface area (Å²) in [5, 5.41) is 8.62. The molecule has 1 aliphatic rings. The maximum Gasteiger partial charge on any atom is 0.227 e. The zero-order chi connectivity index (χ0) is 21.4. The minimum absolute atomic E-state index is 0.489. The van der Waals surface area contributed by atoms with E-state index >= 15 is 0 Å². The van der Waals surface area contributed by atoms with E-state index < -0.39 is 6.17 Å². The normalized spacial score (nSPS) is 16.8. The highest BCUT2D eigenvalue weighted by atomic mass is 79.9. The van der Waals surface area contributed by atoms with E-state index in [0.717, 1.165) is 44.3 Å². The van der Waals surface area contributed by atoms with Crippen LogP contribution in [0.15, 0.2) is 59.5 Å². The van der Waals surface area contributed by atoms with Crippen LogP contribution in [0.2, 0.25) is 0 Å². The molecule has 5 rings (SSSR count). The van der Waals surface area contributed by atoms with Gasteiger partial charge in [0.25, 0.3) is 0 Å². The SMILES string of the molecule is Cn1cc(-c2cc(CN3CC[C@H](F)C3)cc(Nc3ncc4cc(Br)ccc4n3)c2)cn1. The van der Waals surface area contributed by atoms with E-state index in [9.17, 15) is 4.39 Å². The van der Waals surface area contributed by atoms with Crippen molar-refractivity contribution in [1.82, 2.24) is 24.6 Å². The summed E-state index contributed by atoms with van der Waals surface area (Å²) in [4.78, 5) is 11.3. The Morgan fingerprint density at radius 2 is 2.06 bits per heavy atom. The first-order valence-electron chi connectivity index (χ1n) is 10.2. The van der Waals surface area contributed by atoms with Crippen molar-refractivity contribution in [1.29, 1.82) is 0 Å². The number of halogens is 2. The number of benzene rings is 2. The molecule has 0 spiro atoms. The molecule has 2 aromatic heterocycles. The number of nitrogens with one attached hydrogen (secondary N) is 1. The van der Waals surface area contributed by atoms with Crippen LogP contribution < -0.4 is 5.32 Å². The minimum atomic E-state index is -0.731. The van der Waals surface area contributed by atoms with Crippen LogP contribution in [0.5, 0.6) is 0 Å². The van der Waals surface area contributed by atoms with E-state index in [-0.39, 0.29) is 0 Å². The van der Waals surface area contributed by atoms with Crippen LogP contribution in [0.4, 0.5) is 16.0 Å². The van der Waals surface area contributed by atoms with Gasteiger partial charge in [0.1, 0.15) is 6.17 Å². The van der Waals surface area contributed by atoms with Crippen molar-refractivity contribution in [3.05, 3.63) is 65.0 Å². The maximum absolute atomic E-state index is 13.7. The van der Waals surface area contributed by atoms with E-state index in [1.165, 1.54) is 0 Å². The van der Waals surface area contributed by atoms with Gasteiger partial charge in [-0.05, 0) is 53.9 Å². The van der Waals surface area contributed by atoms with Gasteiger partial charge in [-0.1, -0.05) is 15.9 Å². The lowest BCUT2D eigenvalue weighted by molar-refractivity contribution is 0.282. The second kappa shape index (κ2) is 8.36. The van der Waals surface area contributed by atoms with Gasteiger partial charge in [-0.25, -0.2) is 14.4 Å². The number of likely N-dealkylation sites (tertiary alicyclic amines) is 1. The smallest absolute Gasteiger partial charge is 0.227 e. The Morgan fingerprint density at radius 1 is 1.16 bits per heavy atom. The molecule has 4 aromatic rings. The molecular weight excluding hydrogens is 459 g/mol. The molecule has 1 fully saturated rings. The summed E-state index contributed by atoms with van der Waals surface area (Å²) in [6.07, 6.45) is 5.52. The van der Waals surface area contributed by atoms with Gasteiger partial charge in [-0.15, -0.1) is 0 Å². The van der Waals surface area contributed by atoms with Gasteiger partial charge in [-0.3, -0.25) is 9.58 Å². The van der Waals surface area contributed by atoms with E-state index in [1.807, 2.05) is 43.8 Å². The summed E-state index contributed by atoms with van der Waals surface area (Å²) in [6, 6.07) is 12.2. The first-order chi connectivity index (χ1) is 15.0. The number of aryl methyl sites for hydroxylation is 1. The summed E-state index contributed by atoms with van der Waals surface area (Å²) in [5.41, 5.74) is 4.96. The average molecular weight is 481 g/mol. The standard InChI is InChI=1S/C23H22BrFN6/c1-30-13-18(11-27-30)16-6-15(12-31-5-4-20(25)14-31)7-21(9-16)28-23-26-10-17-8-19(24)2-3-22(17)29-23/h2-3,6-11,13,20H,4-5,12,14H2,1H3,(H,26,28,29)/t20-/m0/s1. The fourth-order valence-corrected chi connectivity index (χ4v) is 4.35. The van der Waals surface area contributed by atoms with Crippen LogP contribution in [-0.4, -0.2) is 43.9 Å². The van der Waals surface area contributed by atoms with Crippen molar-refractivity contribution in [2.24, 2.45) is 7.05 Å². The number of anilines is 2. The molecule has 1 N–H and O–H groups in total. The third-order valence-electron chi connectivity index (χ3n) is 5.45. The third kappa shape index (κ3) is 4.60. The highest BCUT2D eigenvalue weighted by molar-refractivity contribution is 9.10. The number of aromatic nitrogens is 4. The topological polar surface area (TPSA) is 58.9 Å². The first-order valence-corrected chi connectivity index (χ1v) is 11.0. The monoisotopic (exact) mass is 480 g/mol. The van der Waals surface area contributed by atoms with Crippen LogP contribution in [-0.2, 0) is 13.6 Å². The fraction of sp³-hybridized carbons (Fsp3) is 0.261. The van der Waals surface area contributed by atoms with Gasteiger partial charge in [0, 0.05) is 60.2 Å². The quantitative estimate of drug-likeness (QED) is 0.431. The second-order valence-corrected chi connectivity index (χ2v) is 8.88. The molecule has 2 aromatic carbocycles. The molecule has 0 bridgehead atoms. The van der Waals surface area contributed by atoms with Gasteiger partial charge in [-0.2, -0.15) is 5.10 Å². The lowest BCUT2D eigenvalue weighted by atomic mass is 10.0. The lowest BCUT2D eigenvalue weighted by Crippen LogP contribution is -2.20. The molecule has 8 heteroatoms. The van der Waals surface area contributed by atoms with Crippen molar-refractivity contribution in [2.75, 3.05) is 18.4 Å². The molecule has 1 atom stereocenters. The highest BCUT2D eigenvalue weighted by Crippen LogP contribution is 2.28. The summed E-state index contributed by atoms with van der Waals surface area (Å²) < 4.78 is 16.4. The Morgan fingerprint density at radius 3 is 2.84 bits per heavy atom. The van der Waals surface area contributed by atoms with Gasteiger partial charge >= 0.3 is 0 Å². The Labute approximate surface area is 188 Å². The molecule has 0 unspecified atom stereocenters. The van der Waals surface area contributed by atoms with Crippen LogP contribution >= 0.6 is 15.9 Å². The molecule has 0 aliphatic carbocycles. The van der Waals surface area contributed by atoms with Crippen molar-refractivity contribution in [3.63, 3.8) is 0 Å². The first kappa shape index (κ1) is 20.1. The van der Waals surface area contributed by atoms with Crippen LogP contribution in [0, 0.1) is 0 Å². The molecule has 158 valence electrons. The van der Waals surface area contributed by atoms with Gasteiger partial charge in [0.2, 0.25) is 5.95 Å². The number of fused-ring (bicyclic) bond motifs is 1. The number of rotatable bonds is 5. The van der Waals surface area contributed by atoms with Crippen LogP contribution in [0.25, 0.3) is 22.0 Å². The molecule has 0 amide bonds. The molecule has 0 saturated carbocycles. The Kier molecular flexibility index (Phi) is 5.41. The largest absolute Gasteiger partial charge is 0.324 e. The van der Waals surface area contributed by atoms with E-state index in [2.05, 4.69) is 59.4 Å². The fourth-order valence-electron chi connectivity index (χ4n) is 3.97. The van der Waals surface area contributed by atoms with Crippen LogP contribution in [0.1, 0.15) is 12.0 Å². The maximum atomic E-state index is 13.7. The van der Waals surface area contributed by atoms with Crippen molar-refractivity contribution >= 4 is 38.5 Å². The van der Waals surface area contributed by atoms with Gasteiger partial charge in [0.15, 0.2) is 0 Å². The molecule has 0 radical (unpaired) electrons. The predicted octanol–water partition coefficient (Wildman–Crippen LogP) is 5.08. The van der Waals surface area contributed by atoms with E-state index in [0.29, 0.717) is 25.5 Å². The summed E-state index contributed by atoms with van der Waals surface area (Å²) in [6.45, 7) is 1.98. The third-order valence-corrected chi connectivity index (χ3v) is 5.94. The molecule has 3 heterocycles. The zero-order valence-corrected chi connectivity index (χ0v) is 18.7. The Bertz CT molecular complexity index is 1240. The molecule has 1 aliphatic heterocycles. The summed E-state index contributed by atoms with van der Waals surface area (Å²) >= 11 is 3.48. The number of nitrogens with zero attached hydrogens (tertiary/aromatic N) is 5. The number of alkyl halides is 1. The van der Waals surface area contributed by atoms with E-state index in [1.54, 1.807) is 4.68 Å². The van der Waals surface area contributed by atoms with Crippen LogP contribution in [0.3, 0.4) is 0 Å². The van der Waals surface area contributed by atoms with Crippen molar-refractivity contribution in [2.45, 2.75) is 19.1 Å². The summed E-state index contributed by atoms with van der Waals surface area (Å²) in [5.74, 6) is 0.536. The average Bonchev–Trinajstić information content (AvgIpc) is 3.36. The number of hydrogen-bond acceptors (Lipinski definition) is 5. The summed E-state index contributed by atoms with van der Waals surface area (Å²) in [7, 11) is 1.90. The molecule has 6 nitrogen and oxygen atoms in total. The Balaban J connectivity index is 1.47. The lowest BCUT2D eigenvalue weighted by Gasteiger charge is -2.17. The Hall–Kier alpha value is -2.84. The predicted molar refractivity (Wildman–Crippen MR) is 124 cm³/mol. The van der Waals surface area contributed by atoms with E-state index in [4.69, 9.17) is 0 Å². The second-order valence-electron chi connectivity index (χ2n) is 7.96. The molecule has 31 heavy (non-hydrogen) atoms. The van der Waals surface area contributed by atoms with Crippen molar-refractivity contribution < 1.29 is 4.39 Å². The van der Waals surface area contributed by atoms with Gasteiger partial charge in [0.05, 0.1) is 11.7 Å². The number of hydrogen-bond donors (Lipinski definition) is 1. The minimum Gasteiger partial charge on any atom is -0.324 e. The van der Waals surface area contributed by atoms with Crippen molar-refractivity contribution in [3.8, 4) is 11.1 Å².